The zero-order valence-electron chi connectivity index (χ0n) is 7.74. The highest BCUT2D eigenvalue weighted by atomic mass is 15.2. The molecule has 0 bridgehead atoms. The van der Waals surface area contributed by atoms with E-state index in [1.807, 2.05) is 0 Å². The zero-order chi connectivity index (χ0) is 9.52. The summed E-state index contributed by atoms with van der Waals surface area (Å²) >= 11 is 0. The number of hydrogen-bond donors (Lipinski definition) is 0. The summed E-state index contributed by atoms with van der Waals surface area (Å²) in [5.74, 6) is 0. The van der Waals surface area contributed by atoms with E-state index < -0.39 is 0 Å². The van der Waals surface area contributed by atoms with Gasteiger partial charge in [-0.1, -0.05) is 0 Å². The minimum Gasteiger partial charge on any atom is -0.289 e. The quantitative estimate of drug-likeness (QED) is 0.560. The maximum atomic E-state index is 8.52. The highest BCUT2D eigenvalue weighted by Crippen LogP contribution is 2.01. The molecule has 0 aromatic rings. The summed E-state index contributed by atoms with van der Waals surface area (Å²) < 4.78 is 0. The van der Waals surface area contributed by atoms with Gasteiger partial charge in [0, 0.05) is 26.2 Å². The zero-order valence-corrected chi connectivity index (χ0v) is 7.74. The van der Waals surface area contributed by atoms with Gasteiger partial charge in [-0.05, 0) is 6.42 Å². The predicted octanol–water partition coefficient (Wildman–Crippen LogP) is 0.0413. The van der Waals surface area contributed by atoms with Gasteiger partial charge in [0.05, 0.1) is 25.2 Å². The Morgan fingerprint density at radius 3 is 1.69 bits per heavy atom. The minimum atomic E-state index is 0.514. The first-order valence-corrected chi connectivity index (χ1v) is 4.55. The fraction of sp³-hybridized carbons (Fsp3) is 0.778. The average Bonchev–Trinajstić information content (AvgIpc) is 2.33. The van der Waals surface area contributed by atoms with Crippen molar-refractivity contribution in [3.05, 3.63) is 0 Å². The molecule has 1 heterocycles. The number of rotatable bonds is 2. The molecule has 1 saturated heterocycles. The third-order valence-electron chi connectivity index (χ3n) is 2.27. The summed E-state index contributed by atoms with van der Waals surface area (Å²) in [6, 6.07) is 4.31. The van der Waals surface area contributed by atoms with Crippen molar-refractivity contribution in [1.82, 2.24) is 9.80 Å². The van der Waals surface area contributed by atoms with Gasteiger partial charge in [-0.3, -0.25) is 9.80 Å². The van der Waals surface area contributed by atoms with Crippen LogP contribution in [0.5, 0.6) is 0 Å². The maximum Gasteiger partial charge on any atom is 0.0866 e. The molecule has 1 aliphatic rings. The van der Waals surface area contributed by atoms with Crippen LogP contribution in [-0.4, -0.2) is 49.1 Å². The second-order valence-corrected chi connectivity index (χ2v) is 3.22. The highest BCUT2D eigenvalue weighted by Gasteiger charge is 2.13. The minimum absolute atomic E-state index is 0.514. The lowest BCUT2D eigenvalue weighted by Gasteiger charge is -2.16. The van der Waals surface area contributed by atoms with Crippen LogP contribution >= 0.6 is 0 Å². The standard InChI is InChI=1S/C9H14N4/c10-2-6-12-4-1-5-13(7-3-11)9-8-12/h1,4-9H2. The Morgan fingerprint density at radius 1 is 0.846 bits per heavy atom. The van der Waals surface area contributed by atoms with Crippen molar-refractivity contribution < 1.29 is 0 Å². The van der Waals surface area contributed by atoms with Crippen LogP contribution in [0.1, 0.15) is 6.42 Å². The normalized spacial score (nSPS) is 20.2. The van der Waals surface area contributed by atoms with Gasteiger partial charge in [0.25, 0.3) is 0 Å². The summed E-state index contributed by atoms with van der Waals surface area (Å²) in [6.07, 6.45) is 1.06. The van der Waals surface area contributed by atoms with Crippen molar-refractivity contribution in [2.24, 2.45) is 0 Å². The van der Waals surface area contributed by atoms with E-state index in [-0.39, 0.29) is 0 Å². The van der Waals surface area contributed by atoms with Crippen LogP contribution in [0.2, 0.25) is 0 Å². The monoisotopic (exact) mass is 178 g/mol. The molecule has 1 fully saturated rings. The Morgan fingerprint density at radius 2 is 1.31 bits per heavy atom. The molecule has 0 amide bonds. The molecule has 0 N–H and O–H groups in total. The smallest absolute Gasteiger partial charge is 0.0866 e. The van der Waals surface area contributed by atoms with Crippen LogP contribution in [0, 0.1) is 22.7 Å². The third-order valence-corrected chi connectivity index (χ3v) is 2.27. The van der Waals surface area contributed by atoms with Crippen LogP contribution < -0.4 is 0 Å². The fourth-order valence-electron chi connectivity index (χ4n) is 1.54. The van der Waals surface area contributed by atoms with E-state index in [1.54, 1.807) is 0 Å². The molecule has 0 aromatic heterocycles. The Bertz CT molecular complexity index is 201. The fourth-order valence-corrected chi connectivity index (χ4v) is 1.54. The van der Waals surface area contributed by atoms with E-state index >= 15 is 0 Å². The number of hydrogen-bond acceptors (Lipinski definition) is 4. The van der Waals surface area contributed by atoms with Crippen molar-refractivity contribution in [1.29, 1.82) is 10.5 Å². The van der Waals surface area contributed by atoms with E-state index in [0.717, 1.165) is 32.6 Å². The van der Waals surface area contributed by atoms with Gasteiger partial charge in [0.2, 0.25) is 0 Å². The Kier molecular flexibility index (Phi) is 4.25. The first kappa shape index (κ1) is 9.98. The van der Waals surface area contributed by atoms with Gasteiger partial charge < -0.3 is 0 Å². The predicted molar refractivity (Wildman–Crippen MR) is 48.7 cm³/mol. The molecule has 70 valence electrons. The van der Waals surface area contributed by atoms with Crippen molar-refractivity contribution in [2.75, 3.05) is 39.3 Å². The first-order valence-electron chi connectivity index (χ1n) is 4.55. The largest absolute Gasteiger partial charge is 0.289 e. The Hall–Kier alpha value is -1.10. The molecule has 0 radical (unpaired) electrons. The lowest BCUT2D eigenvalue weighted by atomic mass is 10.4. The molecule has 0 saturated carbocycles. The Balaban J connectivity index is 2.32. The summed E-state index contributed by atoms with van der Waals surface area (Å²) in [5, 5.41) is 17.0. The van der Waals surface area contributed by atoms with Gasteiger partial charge in [0.1, 0.15) is 0 Å². The van der Waals surface area contributed by atoms with Crippen LogP contribution in [0.3, 0.4) is 0 Å². The summed E-state index contributed by atoms with van der Waals surface area (Å²) in [6.45, 7) is 4.82. The van der Waals surface area contributed by atoms with Crippen molar-refractivity contribution in [3.63, 3.8) is 0 Å². The molecule has 4 nitrogen and oxygen atoms in total. The molecule has 0 aromatic carbocycles. The molecule has 1 aliphatic heterocycles. The number of nitrogens with zero attached hydrogens (tertiary/aromatic N) is 4. The van der Waals surface area contributed by atoms with Crippen LogP contribution in [0.4, 0.5) is 0 Å². The SMILES string of the molecule is N#CCN1CCCN(CC#N)CC1. The molecule has 4 heteroatoms. The summed E-state index contributed by atoms with van der Waals surface area (Å²) in [7, 11) is 0. The van der Waals surface area contributed by atoms with E-state index in [9.17, 15) is 0 Å². The van der Waals surface area contributed by atoms with E-state index in [1.165, 1.54) is 0 Å². The lowest BCUT2D eigenvalue weighted by Crippen LogP contribution is -2.31. The number of nitriles is 2. The molecular weight excluding hydrogens is 164 g/mol. The molecule has 1 rings (SSSR count). The second-order valence-electron chi connectivity index (χ2n) is 3.22. The summed E-state index contributed by atoms with van der Waals surface area (Å²) in [5.41, 5.74) is 0. The van der Waals surface area contributed by atoms with Gasteiger partial charge in [0.15, 0.2) is 0 Å². The molecule has 13 heavy (non-hydrogen) atoms. The van der Waals surface area contributed by atoms with Crippen LogP contribution in [0.15, 0.2) is 0 Å². The van der Waals surface area contributed by atoms with Crippen LogP contribution in [0.25, 0.3) is 0 Å². The average molecular weight is 178 g/mol. The highest BCUT2D eigenvalue weighted by molar-refractivity contribution is 4.82. The summed E-state index contributed by atoms with van der Waals surface area (Å²) in [4.78, 5) is 4.27. The van der Waals surface area contributed by atoms with E-state index in [2.05, 4.69) is 21.9 Å². The third kappa shape index (κ3) is 3.42. The first-order chi connectivity index (χ1) is 6.36. The van der Waals surface area contributed by atoms with Gasteiger partial charge in [-0.15, -0.1) is 0 Å². The van der Waals surface area contributed by atoms with Gasteiger partial charge >= 0.3 is 0 Å². The lowest BCUT2D eigenvalue weighted by molar-refractivity contribution is 0.290. The van der Waals surface area contributed by atoms with Crippen molar-refractivity contribution in [2.45, 2.75) is 6.42 Å². The van der Waals surface area contributed by atoms with Gasteiger partial charge in [-0.25, -0.2) is 0 Å². The molecule has 0 aliphatic carbocycles. The molecule has 0 spiro atoms. The second kappa shape index (κ2) is 5.53. The van der Waals surface area contributed by atoms with Gasteiger partial charge in [-0.2, -0.15) is 10.5 Å². The molecular formula is C9H14N4. The molecule has 0 unspecified atom stereocenters. The van der Waals surface area contributed by atoms with E-state index in [0.29, 0.717) is 13.1 Å². The van der Waals surface area contributed by atoms with Crippen molar-refractivity contribution >= 4 is 0 Å². The maximum absolute atomic E-state index is 8.52. The van der Waals surface area contributed by atoms with E-state index in [4.69, 9.17) is 10.5 Å². The Labute approximate surface area is 79.0 Å². The topological polar surface area (TPSA) is 54.1 Å². The van der Waals surface area contributed by atoms with Crippen LogP contribution in [-0.2, 0) is 0 Å². The molecule has 0 atom stereocenters. The van der Waals surface area contributed by atoms with Crippen molar-refractivity contribution in [3.8, 4) is 12.1 Å².